The highest BCUT2D eigenvalue weighted by Gasteiger charge is 2.46. The number of hydrogen-bond donors (Lipinski definition) is 2. The maximum Gasteiger partial charge on any atom is 0.0594 e. The molecule has 2 fully saturated rings. The summed E-state index contributed by atoms with van der Waals surface area (Å²) < 4.78 is 5.54. The average Bonchev–Trinajstić information content (AvgIpc) is 2.96. The topological polar surface area (TPSA) is 50.5 Å². The Morgan fingerprint density at radius 1 is 1.25 bits per heavy atom. The number of hydrogen-bond acceptors (Lipinski definition) is 4. The molecule has 0 amide bonds. The van der Waals surface area contributed by atoms with Gasteiger partial charge in [0, 0.05) is 24.7 Å². The van der Waals surface area contributed by atoms with Crippen molar-refractivity contribution in [1.29, 1.82) is 0 Å². The van der Waals surface area contributed by atoms with Gasteiger partial charge in [0.05, 0.1) is 13.2 Å². The zero-order valence-corrected chi connectivity index (χ0v) is 13.4. The lowest BCUT2D eigenvalue weighted by atomic mass is 9.80. The van der Waals surface area contributed by atoms with Crippen LogP contribution in [0.2, 0.25) is 0 Å². The lowest BCUT2D eigenvalue weighted by Crippen LogP contribution is -2.63. The van der Waals surface area contributed by atoms with Gasteiger partial charge in [-0.05, 0) is 25.2 Å². The number of nitrogens with two attached hydrogens (primary N) is 1. The van der Waals surface area contributed by atoms with E-state index < -0.39 is 0 Å². The first-order chi connectivity index (χ1) is 9.73. The summed E-state index contributed by atoms with van der Waals surface area (Å²) in [6.07, 6.45) is 9.04. The summed E-state index contributed by atoms with van der Waals surface area (Å²) in [5.74, 6) is 6.73. The van der Waals surface area contributed by atoms with E-state index in [1.54, 1.807) is 0 Å². The molecule has 20 heavy (non-hydrogen) atoms. The van der Waals surface area contributed by atoms with Gasteiger partial charge in [-0.1, -0.05) is 39.5 Å². The van der Waals surface area contributed by atoms with Crippen LogP contribution in [0.5, 0.6) is 0 Å². The van der Waals surface area contributed by atoms with Crippen LogP contribution in [0.1, 0.15) is 58.8 Å². The number of nitrogens with zero attached hydrogens (tertiary/aromatic N) is 1. The highest BCUT2D eigenvalue weighted by molar-refractivity contribution is 5.03. The molecule has 4 nitrogen and oxygen atoms in total. The number of hydrazine groups is 1. The molecular weight excluding hydrogens is 250 g/mol. The van der Waals surface area contributed by atoms with Crippen molar-refractivity contribution in [3.05, 3.63) is 0 Å². The second-order valence-electron chi connectivity index (χ2n) is 6.76. The van der Waals surface area contributed by atoms with Gasteiger partial charge in [0.2, 0.25) is 0 Å². The number of morpholine rings is 1. The van der Waals surface area contributed by atoms with E-state index in [1.807, 2.05) is 0 Å². The maximum absolute atomic E-state index is 5.98. The molecule has 1 aliphatic heterocycles. The van der Waals surface area contributed by atoms with Gasteiger partial charge in [-0.2, -0.15) is 0 Å². The van der Waals surface area contributed by atoms with E-state index in [-0.39, 0.29) is 5.54 Å². The largest absolute Gasteiger partial charge is 0.379 e. The Morgan fingerprint density at radius 2 is 1.90 bits per heavy atom. The number of rotatable bonds is 7. The van der Waals surface area contributed by atoms with Crippen LogP contribution >= 0.6 is 0 Å². The van der Waals surface area contributed by atoms with Gasteiger partial charge in [-0.15, -0.1) is 0 Å². The normalized spacial score (nSPS) is 26.6. The Labute approximate surface area is 124 Å². The number of nitrogens with one attached hydrogen (secondary N) is 1. The number of ether oxygens (including phenoxy) is 1. The van der Waals surface area contributed by atoms with Crippen LogP contribution in [0.4, 0.5) is 0 Å². The fourth-order valence-electron chi connectivity index (χ4n) is 4.34. The minimum Gasteiger partial charge on any atom is -0.379 e. The van der Waals surface area contributed by atoms with Crippen LogP contribution in [-0.4, -0.2) is 42.8 Å². The van der Waals surface area contributed by atoms with E-state index in [4.69, 9.17) is 10.6 Å². The van der Waals surface area contributed by atoms with Crippen LogP contribution in [0.15, 0.2) is 0 Å². The first-order valence-corrected chi connectivity index (χ1v) is 8.52. The second kappa shape index (κ2) is 7.74. The molecule has 1 heterocycles. The zero-order chi connectivity index (χ0) is 14.4. The van der Waals surface area contributed by atoms with E-state index in [1.165, 1.54) is 44.9 Å². The van der Waals surface area contributed by atoms with Gasteiger partial charge in [-0.25, -0.2) is 0 Å². The van der Waals surface area contributed by atoms with Crippen molar-refractivity contribution >= 4 is 0 Å². The van der Waals surface area contributed by atoms with Crippen molar-refractivity contribution < 1.29 is 4.74 Å². The Morgan fingerprint density at radius 3 is 2.45 bits per heavy atom. The molecule has 3 N–H and O–H groups in total. The van der Waals surface area contributed by atoms with E-state index in [0.29, 0.717) is 6.04 Å². The zero-order valence-electron chi connectivity index (χ0n) is 13.4. The summed E-state index contributed by atoms with van der Waals surface area (Å²) in [7, 11) is 0. The van der Waals surface area contributed by atoms with Gasteiger partial charge >= 0.3 is 0 Å². The molecule has 118 valence electrons. The predicted octanol–water partition coefficient (Wildman–Crippen LogP) is 2.29. The van der Waals surface area contributed by atoms with Gasteiger partial charge in [-0.3, -0.25) is 16.2 Å². The lowest BCUT2D eigenvalue weighted by molar-refractivity contribution is -0.0389. The van der Waals surface area contributed by atoms with Gasteiger partial charge < -0.3 is 4.74 Å². The molecule has 0 aromatic carbocycles. The van der Waals surface area contributed by atoms with Crippen LogP contribution in [-0.2, 0) is 4.74 Å². The highest BCUT2D eigenvalue weighted by atomic mass is 16.5. The molecule has 2 aliphatic rings. The lowest BCUT2D eigenvalue weighted by Gasteiger charge is -2.48. The van der Waals surface area contributed by atoms with Crippen molar-refractivity contribution in [3.8, 4) is 0 Å². The Hall–Kier alpha value is -0.160. The van der Waals surface area contributed by atoms with Crippen molar-refractivity contribution in [3.63, 3.8) is 0 Å². The van der Waals surface area contributed by atoms with Crippen molar-refractivity contribution in [2.75, 3.05) is 26.3 Å². The molecule has 1 aliphatic carbocycles. The minimum absolute atomic E-state index is 0.278. The van der Waals surface area contributed by atoms with E-state index in [0.717, 1.165) is 32.2 Å². The summed E-state index contributed by atoms with van der Waals surface area (Å²) in [6.45, 7) is 8.54. The van der Waals surface area contributed by atoms with Crippen LogP contribution in [0.3, 0.4) is 0 Å². The van der Waals surface area contributed by atoms with Crippen LogP contribution in [0, 0.1) is 5.92 Å². The highest BCUT2D eigenvalue weighted by Crippen LogP contribution is 2.40. The van der Waals surface area contributed by atoms with E-state index >= 15 is 0 Å². The fourth-order valence-corrected chi connectivity index (χ4v) is 4.34. The summed E-state index contributed by atoms with van der Waals surface area (Å²) in [5, 5.41) is 0. The molecular formula is C16H33N3O. The maximum atomic E-state index is 5.98. The van der Waals surface area contributed by atoms with E-state index in [9.17, 15) is 0 Å². The third-order valence-corrected chi connectivity index (χ3v) is 5.38. The molecule has 2 rings (SSSR count). The minimum atomic E-state index is 0.278. The Kier molecular flexibility index (Phi) is 6.27. The third kappa shape index (κ3) is 3.53. The monoisotopic (exact) mass is 283 g/mol. The van der Waals surface area contributed by atoms with Crippen molar-refractivity contribution in [1.82, 2.24) is 10.3 Å². The molecule has 4 heteroatoms. The third-order valence-electron chi connectivity index (χ3n) is 5.38. The second-order valence-corrected chi connectivity index (χ2v) is 6.76. The van der Waals surface area contributed by atoms with Gasteiger partial charge in [0.25, 0.3) is 0 Å². The molecule has 0 bridgehead atoms. The molecule has 0 aromatic rings. The molecule has 0 aromatic heterocycles. The first kappa shape index (κ1) is 16.2. The molecule has 2 unspecified atom stereocenters. The standard InChI is InChI=1S/C16H33N3O/c1-3-6-14(2)13-15(18-17)16(7-4-5-8-16)19-9-11-20-12-10-19/h14-15,18H,3-13,17H2,1-2H3. The van der Waals surface area contributed by atoms with Crippen molar-refractivity contribution in [2.45, 2.75) is 70.4 Å². The average molecular weight is 283 g/mol. The van der Waals surface area contributed by atoms with Gasteiger partial charge in [0.15, 0.2) is 0 Å². The van der Waals surface area contributed by atoms with Gasteiger partial charge in [0.1, 0.15) is 0 Å². The first-order valence-electron chi connectivity index (χ1n) is 8.52. The van der Waals surface area contributed by atoms with Crippen LogP contribution in [0.25, 0.3) is 0 Å². The molecule has 2 atom stereocenters. The smallest absolute Gasteiger partial charge is 0.0594 e. The Bertz CT molecular complexity index is 273. The fraction of sp³-hybridized carbons (Fsp3) is 1.00. The summed E-state index contributed by atoms with van der Waals surface area (Å²) >= 11 is 0. The summed E-state index contributed by atoms with van der Waals surface area (Å²) in [4.78, 5) is 2.67. The SMILES string of the molecule is CCCC(C)CC(NN)C1(N2CCOCC2)CCCC1. The summed E-state index contributed by atoms with van der Waals surface area (Å²) in [5.41, 5.74) is 3.47. The predicted molar refractivity (Wildman–Crippen MR) is 83.4 cm³/mol. The molecule has 0 spiro atoms. The Balaban J connectivity index is 2.07. The van der Waals surface area contributed by atoms with Crippen LogP contribution < -0.4 is 11.3 Å². The molecule has 0 radical (unpaired) electrons. The quantitative estimate of drug-likeness (QED) is 0.556. The molecule has 1 saturated carbocycles. The molecule has 1 saturated heterocycles. The summed E-state index contributed by atoms with van der Waals surface area (Å²) in [6, 6.07) is 0.421. The van der Waals surface area contributed by atoms with E-state index in [2.05, 4.69) is 24.2 Å². The van der Waals surface area contributed by atoms with Crippen molar-refractivity contribution in [2.24, 2.45) is 11.8 Å².